The van der Waals surface area contributed by atoms with Crippen molar-refractivity contribution in [2.75, 3.05) is 0 Å². The lowest BCUT2D eigenvalue weighted by atomic mass is 10.1. The summed E-state index contributed by atoms with van der Waals surface area (Å²) in [5.41, 5.74) is 3.36. The fraction of sp³-hybridized carbons (Fsp3) is 0.438. The molecule has 1 heterocycles. The molecular formula is C16H17FN2. The normalized spacial score (nSPS) is 14.8. The molecule has 0 saturated heterocycles. The molecule has 0 N–H and O–H groups in total. The average Bonchev–Trinajstić information content (AvgIpc) is 3.16. The van der Waals surface area contributed by atoms with Crippen molar-refractivity contribution < 1.29 is 4.39 Å². The van der Waals surface area contributed by atoms with Gasteiger partial charge in [-0.1, -0.05) is 6.92 Å². The molecule has 1 aliphatic rings. The Morgan fingerprint density at radius 1 is 1.42 bits per heavy atom. The van der Waals surface area contributed by atoms with Gasteiger partial charge in [0.2, 0.25) is 0 Å². The van der Waals surface area contributed by atoms with Gasteiger partial charge >= 0.3 is 0 Å². The van der Waals surface area contributed by atoms with Crippen molar-refractivity contribution >= 4 is 10.9 Å². The molecule has 0 radical (unpaired) electrons. The summed E-state index contributed by atoms with van der Waals surface area (Å²) in [5.74, 6) is 0.507. The molecule has 1 aliphatic carbocycles. The van der Waals surface area contributed by atoms with Crippen LogP contribution in [0.2, 0.25) is 0 Å². The Bertz CT molecular complexity index is 687. The second kappa shape index (κ2) is 4.38. The molecule has 19 heavy (non-hydrogen) atoms. The molecule has 2 nitrogen and oxygen atoms in total. The van der Waals surface area contributed by atoms with Crippen LogP contribution in [0, 0.1) is 30.0 Å². The summed E-state index contributed by atoms with van der Waals surface area (Å²) in [6.07, 6.45) is 3.35. The van der Waals surface area contributed by atoms with Gasteiger partial charge in [0.15, 0.2) is 0 Å². The molecule has 2 aromatic rings. The highest BCUT2D eigenvalue weighted by atomic mass is 19.1. The van der Waals surface area contributed by atoms with E-state index >= 15 is 0 Å². The lowest BCUT2D eigenvalue weighted by Gasteiger charge is -2.09. The van der Waals surface area contributed by atoms with Gasteiger partial charge in [-0.3, -0.25) is 0 Å². The van der Waals surface area contributed by atoms with Crippen molar-refractivity contribution in [3.63, 3.8) is 0 Å². The van der Waals surface area contributed by atoms with Crippen LogP contribution in [0.25, 0.3) is 10.9 Å². The fourth-order valence-electron chi connectivity index (χ4n) is 2.79. The lowest BCUT2D eigenvalue weighted by molar-refractivity contribution is 0.615. The number of benzene rings is 1. The van der Waals surface area contributed by atoms with Crippen LogP contribution < -0.4 is 0 Å². The van der Waals surface area contributed by atoms with Gasteiger partial charge in [-0.25, -0.2) is 4.39 Å². The summed E-state index contributed by atoms with van der Waals surface area (Å²) in [6.45, 7) is 4.80. The third kappa shape index (κ3) is 1.92. The minimum Gasteiger partial charge on any atom is -0.343 e. The predicted molar refractivity (Wildman–Crippen MR) is 73.5 cm³/mol. The second-order valence-electron chi connectivity index (χ2n) is 5.46. The van der Waals surface area contributed by atoms with Gasteiger partial charge in [-0.05, 0) is 49.8 Å². The van der Waals surface area contributed by atoms with Crippen molar-refractivity contribution in [3.8, 4) is 6.07 Å². The van der Waals surface area contributed by atoms with Crippen LogP contribution in [0.5, 0.6) is 0 Å². The Labute approximate surface area is 112 Å². The van der Waals surface area contributed by atoms with Crippen molar-refractivity contribution in [3.05, 3.63) is 34.8 Å². The number of nitriles is 1. The van der Waals surface area contributed by atoms with Gasteiger partial charge < -0.3 is 4.57 Å². The van der Waals surface area contributed by atoms with E-state index in [-0.39, 0.29) is 5.82 Å². The number of fused-ring (bicyclic) bond motifs is 1. The molecule has 1 aromatic heterocycles. The van der Waals surface area contributed by atoms with Crippen LogP contribution in [-0.2, 0) is 13.0 Å². The number of aryl methyl sites for hydroxylation is 1. The van der Waals surface area contributed by atoms with Crippen molar-refractivity contribution in [2.24, 2.45) is 5.92 Å². The molecule has 1 aromatic carbocycles. The molecule has 1 saturated carbocycles. The summed E-state index contributed by atoms with van der Waals surface area (Å²) in [5, 5.41) is 10.2. The van der Waals surface area contributed by atoms with Crippen molar-refractivity contribution in [2.45, 2.75) is 39.7 Å². The Kier molecular flexibility index (Phi) is 2.82. The molecule has 98 valence electrons. The number of halogens is 1. The van der Waals surface area contributed by atoms with E-state index in [0.29, 0.717) is 11.1 Å². The largest absolute Gasteiger partial charge is 0.343 e. The maximum absolute atomic E-state index is 13.8. The van der Waals surface area contributed by atoms with Crippen LogP contribution in [0.1, 0.15) is 36.6 Å². The third-order valence-electron chi connectivity index (χ3n) is 4.04. The first-order chi connectivity index (χ1) is 9.15. The van der Waals surface area contributed by atoms with E-state index in [4.69, 9.17) is 0 Å². The topological polar surface area (TPSA) is 28.7 Å². The van der Waals surface area contributed by atoms with Gasteiger partial charge in [0.05, 0.1) is 11.1 Å². The molecule has 0 spiro atoms. The Morgan fingerprint density at radius 3 is 2.74 bits per heavy atom. The standard InChI is InChI=1S/C16H17FN2/c1-3-15-13(8-18)12-7-14(17)10(2)6-16(12)19(15)9-11-4-5-11/h6-7,11H,3-5,9H2,1-2H3. The van der Waals surface area contributed by atoms with Gasteiger partial charge in [0.1, 0.15) is 11.9 Å². The molecule has 0 unspecified atom stereocenters. The fourth-order valence-corrected chi connectivity index (χ4v) is 2.79. The Hall–Kier alpha value is -1.82. The average molecular weight is 256 g/mol. The molecule has 0 atom stereocenters. The van der Waals surface area contributed by atoms with Gasteiger partial charge in [-0.2, -0.15) is 5.26 Å². The number of hydrogen-bond acceptors (Lipinski definition) is 1. The van der Waals surface area contributed by atoms with Crippen molar-refractivity contribution in [1.82, 2.24) is 4.57 Å². The van der Waals surface area contributed by atoms with Crippen LogP contribution in [-0.4, -0.2) is 4.57 Å². The summed E-state index contributed by atoms with van der Waals surface area (Å²) in [4.78, 5) is 0. The quantitative estimate of drug-likeness (QED) is 0.817. The van der Waals surface area contributed by atoms with E-state index < -0.39 is 0 Å². The number of rotatable bonds is 3. The van der Waals surface area contributed by atoms with Gasteiger partial charge in [0, 0.05) is 17.6 Å². The van der Waals surface area contributed by atoms with E-state index in [0.717, 1.165) is 35.5 Å². The maximum Gasteiger partial charge on any atom is 0.126 e. The van der Waals surface area contributed by atoms with E-state index in [9.17, 15) is 9.65 Å². The Balaban J connectivity index is 2.31. The molecular weight excluding hydrogens is 239 g/mol. The number of hydrogen-bond donors (Lipinski definition) is 0. The van der Waals surface area contributed by atoms with Gasteiger partial charge in [-0.15, -0.1) is 0 Å². The van der Waals surface area contributed by atoms with Crippen LogP contribution in [0.15, 0.2) is 12.1 Å². The zero-order chi connectivity index (χ0) is 13.6. The zero-order valence-corrected chi connectivity index (χ0v) is 11.3. The Morgan fingerprint density at radius 2 is 2.16 bits per heavy atom. The SMILES string of the molecule is CCc1c(C#N)c2cc(F)c(C)cc2n1CC1CC1. The highest BCUT2D eigenvalue weighted by Crippen LogP contribution is 2.35. The molecule has 3 rings (SSSR count). The molecule has 0 bridgehead atoms. The molecule has 0 amide bonds. The van der Waals surface area contributed by atoms with E-state index in [1.165, 1.54) is 18.9 Å². The first-order valence-corrected chi connectivity index (χ1v) is 6.87. The minimum absolute atomic E-state index is 0.227. The van der Waals surface area contributed by atoms with Crippen LogP contribution in [0.4, 0.5) is 4.39 Å². The third-order valence-corrected chi connectivity index (χ3v) is 4.04. The smallest absolute Gasteiger partial charge is 0.126 e. The van der Waals surface area contributed by atoms with E-state index in [1.54, 1.807) is 6.92 Å². The van der Waals surface area contributed by atoms with E-state index in [1.807, 2.05) is 6.07 Å². The van der Waals surface area contributed by atoms with Gasteiger partial charge in [0.25, 0.3) is 0 Å². The molecule has 1 fully saturated rings. The van der Waals surface area contributed by atoms with Crippen LogP contribution >= 0.6 is 0 Å². The molecule has 3 heteroatoms. The first-order valence-electron chi connectivity index (χ1n) is 6.87. The van der Waals surface area contributed by atoms with Crippen LogP contribution in [0.3, 0.4) is 0 Å². The second-order valence-corrected chi connectivity index (χ2v) is 5.46. The zero-order valence-electron chi connectivity index (χ0n) is 11.3. The summed E-state index contributed by atoms with van der Waals surface area (Å²) in [6, 6.07) is 5.66. The minimum atomic E-state index is -0.227. The highest BCUT2D eigenvalue weighted by molar-refractivity contribution is 5.88. The monoisotopic (exact) mass is 256 g/mol. The number of aromatic nitrogens is 1. The van der Waals surface area contributed by atoms with Crippen molar-refractivity contribution in [1.29, 1.82) is 5.26 Å². The maximum atomic E-state index is 13.8. The number of nitrogens with zero attached hydrogens (tertiary/aromatic N) is 2. The lowest BCUT2D eigenvalue weighted by Crippen LogP contribution is -2.04. The predicted octanol–water partition coefficient (Wildman–Crippen LogP) is 3.93. The molecule has 0 aliphatic heterocycles. The van der Waals surface area contributed by atoms with E-state index in [2.05, 4.69) is 17.6 Å². The summed E-state index contributed by atoms with van der Waals surface area (Å²) in [7, 11) is 0. The summed E-state index contributed by atoms with van der Waals surface area (Å²) < 4.78 is 16.0. The highest BCUT2D eigenvalue weighted by Gasteiger charge is 2.25. The summed E-state index contributed by atoms with van der Waals surface area (Å²) >= 11 is 0. The first kappa shape index (κ1) is 12.2.